The summed E-state index contributed by atoms with van der Waals surface area (Å²) in [5.74, 6) is 0. The molecule has 0 bridgehead atoms. The second-order valence-corrected chi connectivity index (χ2v) is 2.25. The van der Waals surface area contributed by atoms with Crippen LogP contribution in [0.25, 0.3) is 0 Å². The lowest BCUT2D eigenvalue weighted by Crippen LogP contribution is -2.31. The van der Waals surface area contributed by atoms with Crippen molar-refractivity contribution in [3.05, 3.63) is 23.1 Å². The van der Waals surface area contributed by atoms with Crippen LogP contribution in [-0.4, -0.2) is 12.1 Å². The second-order valence-electron chi connectivity index (χ2n) is 1.84. The lowest BCUT2D eigenvalue weighted by Gasteiger charge is -2.20. The van der Waals surface area contributed by atoms with Crippen molar-refractivity contribution in [1.29, 1.82) is 0 Å². The van der Waals surface area contributed by atoms with Gasteiger partial charge in [0.25, 0.3) is 0 Å². The maximum Gasteiger partial charge on any atom is 0.122 e. The highest BCUT2D eigenvalue weighted by Gasteiger charge is 2.00. The Hall–Kier alpha value is -0.830. The van der Waals surface area contributed by atoms with Crippen molar-refractivity contribution in [3.8, 4) is 0 Å². The average molecular weight is 146 g/mol. The molecule has 1 heterocycles. The van der Waals surface area contributed by atoms with Gasteiger partial charge in [0.2, 0.25) is 0 Å². The van der Waals surface area contributed by atoms with Crippen molar-refractivity contribution in [2.75, 3.05) is 7.05 Å². The maximum absolute atomic E-state index is 5.59. The number of nitrogens with two attached hydrogens (primary N) is 1. The largest absolute Gasteiger partial charge is 0.397 e. The molecule has 9 heavy (non-hydrogen) atoms. The molecule has 0 radical (unpaired) electrons. The monoisotopic (exact) mass is 145 g/mol. The fourth-order valence-corrected chi connectivity index (χ4v) is 0.900. The number of halogens is 1. The molecule has 1 aliphatic rings. The van der Waals surface area contributed by atoms with Gasteiger partial charge in [-0.05, 0) is 6.08 Å². The van der Waals surface area contributed by atoms with Crippen LogP contribution in [0.1, 0.15) is 0 Å². The zero-order chi connectivity index (χ0) is 6.85. The third kappa shape index (κ3) is 1.54. The molecule has 3 nitrogen and oxygen atoms in total. The summed E-state index contributed by atoms with van der Waals surface area (Å²) in [7, 11) is 1.82. The van der Waals surface area contributed by atoms with Gasteiger partial charge in [0.1, 0.15) is 5.16 Å². The molecule has 0 aromatic heterocycles. The van der Waals surface area contributed by atoms with Gasteiger partial charge < -0.3 is 5.73 Å². The summed E-state index contributed by atoms with van der Waals surface area (Å²) in [6, 6.07) is 0. The van der Waals surface area contributed by atoms with Crippen LogP contribution < -0.4 is 11.2 Å². The van der Waals surface area contributed by atoms with Gasteiger partial charge in [-0.1, -0.05) is 11.6 Å². The van der Waals surface area contributed by atoms with Crippen LogP contribution in [0.2, 0.25) is 0 Å². The van der Waals surface area contributed by atoms with Crippen molar-refractivity contribution >= 4 is 11.6 Å². The Labute approximate surface area is 58.7 Å². The molecule has 4 heteroatoms. The van der Waals surface area contributed by atoms with Crippen molar-refractivity contribution in [2.24, 2.45) is 5.73 Å². The van der Waals surface area contributed by atoms with E-state index in [0.29, 0.717) is 10.9 Å². The lowest BCUT2D eigenvalue weighted by atomic mass is 10.4. The molecule has 0 spiro atoms. The first-order chi connectivity index (χ1) is 4.18. The van der Waals surface area contributed by atoms with Crippen LogP contribution in [0.5, 0.6) is 0 Å². The summed E-state index contributed by atoms with van der Waals surface area (Å²) < 4.78 is 0. The van der Waals surface area contributed by atoms with Crippen LogP contribution in [0.4, 0.5) is 0 Å². The summed E-state index contributed by atoms with van der Waals surface area (Å²) in [4.78, 5) is 0. The zero-order valence-electron chi connectivity index (χ0n) is 5.06. The Morgan fingerprint density at radius 3 is 2.89 bits per heavy atom. The molecule has 0 aromatic rings. The third-order valence-corrected chi connectivity index (χ3v) is 1.11. The molecule has 0 unspecified atom stereocenters. The predicted octanol–water partition coefficient (Wildman–Crippen LogP) is 0.317. The summed E-state index contributed by atoms with van der Waals surface area (Å²) in [6.45, 7) is 0. The zero-order valence-corrected chi connectivity index (χ0v) is 5.81. The average Bonchev–Trinajstić information content (AvgIpc) is 1.59. The number of rotatable bonds is 0. The van der Waals surface area contributed by atoms with Gasteiger partial charge in [-0.3, -0.25) is 10.4 Å². The molecule has 0 amide bonds. The molecule has 50 valence electrons. The normalized spacial score (nSPS) is 18.2. The fourth-order valence-electron chi connectivity index (χ4n) is 0.640. The molecule has 0 aliphatic carbocycles. The minimum atomic E-state index is 0.539. The molecule has 1 aliphatic heterocycles. The van der Waals surface area contributed by atoms with E-state index in [1.165, 1.54) is 0 Å². The van der Waals surface area contributed by atoms with E-state index in [2.05, 4.69) is 5.43 Å². The van der Waals surface area contributed by atoms with E-state index in [9.17, 15) is 0 Å². The van der Waals surface area contributed by atoms with Gasteiger partial charge in [0.15, 0.2) is 0 Å². The topological polar surface area (TPSA) is 41.3 Å². The maximum atomic E-state index is 5.59. The molecule has 3 N–H and O–H groups in total. The first-order valence-electron chi connectivity index (χ1n) is 2.52. The first-order valence-corrected chi connectivity index (χ1v) is 2.90. The predicted molar refractivity (Wildman–Crippen MR) is 37.1 cm³/mol. The Morgan fingerprint density at radius 2 is 2.44 bits per heavy atom. The van der Waals surface area contributed by atoms with Crippen molar-refractivity contribution < 1.29 is 0 Å². The van der Waals surface area contributed by atoms with Crippen LogP contribution in [0.15, 0.2) is 23.1 Å². The van der Waals surface area contributed by atoms with Gasteiger partial charge in [0.05, 0.1) is 5.70 Å². The van der Waals surface area contributed by atoms with E-state index < -0.39 is 0 Å². The quantitative estimate of drug-likeness (QED) is 0.483. The fraction of sp³-hybridized carbons (Fsp3) is 0.200. The van der Waals surface area contributed by atoms with Gasteiger partial charge in [0, 0.05) is 13.2 Å². The minimum absolute atomic E-state index is 0.539. The molecule has 0 fully saturated rings. The number of hydrogen-bond donors (Lipinski definition) is 2. The van der Waals surface area contributed by atoms with E-state index in [0.717, 1.165) is 0 Å². The van der Waals surface area contributed by atoms with Crippen LogP contribution in [0.3, 0.4) is 0 Å². The van der Waals surface area contributed by atoms with Crippen molar-refractivity contribution in [1.82, 2.24) is 10.4 Å². The van der Waals surface area contributed by atoms with Crippen molar-refractivity contribution in [2.45, 2.75) is 0 Å². The van der Waals surface area contributed by atoms with Crippen LogP contribution in [-0.2, 0) is 0 Å². The number of nitrogens with one attached hydrogen (secondary N) is 1. The van der Waals surface area contributed by atoms with Gasteiger partial charge in [-0.25, -0.2) is 0 Å². The number of allylic oxidation sites excluding steroid dienone is 1. The van der Waals surface area contributed by atoms with E-state index in [-0.39, 0.29) is 0 Å². The SMILES string of the molecule is CN1C=C(N)C=C(Cl)N1. The van der Waals surface area contributed by atoms with Crippen LogP contribution >= 0.6 is 11.6 Å². The molecular formula is C5H8ClN3. The van der Waals surface area contributed by atoms with E-state index in [4.69, 9.17) is 17.3 Å². The number of hydrogen-bond acceptors (Lipinski definition) is 3. The molecular weight excluding hydrogens is 138 g/mol. The Morgan fingerprint density at radius 1 is 1.78 bits per heavy atom. The molecule has 0 saturated heterocycles. The number of nitrogens with zero attached hydrogens (tertiary/aromatic N) is 1. The van der Waals surface area contributed by atoms with E-state index >= 15 is 0 Å². The summed E-state index contributed by atoms with van der Waals surface area (Å²) in [5, 5.41) is 2.23. The summed E-state index contributed by atoms with van der Waals surface area (Å²) in [6.07, 6.45) is 3.40. The minimum Gasteiger partial charge on any atom is -0.397 e. The Bertz CT molecular complexity index is 173. The molecule has 1 rings (SSSR count). The third-order valence-electron chi connectivity index (χ3n) is 0.919. The number of hydrazine groups is 1. The lowest BCUT2D eigenvalue weighted by molar-refractivity contribution is 0.372. The standard InChI is InChI=1S/C5H8ClN3/c1-9-3-4(7)2-5(6)8-9/h2-3,8H,7H2,1H3. The molecule has 0 atom stereocenters. The highest BCUT2D eigenvalue weighted by molar-refractivity contribution is 6.29. The van der Waals surface area contributed by atoms with Gasteiger partial charge in [-0.2, -0.15) is 0 Å². The molecule has 0 saturated carbocycles. The van der Waals surface area contributed by atoms with Crippen LogP contribution in [0, 0.1) is 0 Å². The second kappa shape index (κ2) is 2.19. The Kier molecular flexibility index (Phi) is 1.53. The smallest absolute Gasteiger partial charge is 0.122 e. The van der Waals surface area contributed by atoms with Gasteiger partial charge in [-0.15, -0.1) is 0 Å². The first kappa shape index (κ1) is 6.29. The summed E-state index contributed by atoms with van der Waals surface area (Å²) in [5.41, 5.74) is 8.90. The van der Waals surface area contributed by atoms with E-state index in [1.54, 1.807) is 17.3 Å². The van der Waals surface area contributed by atoms with Gasteiger partial charge >= 0.3 is 0 Å². The Balaban J connectivity index is 2.74. The highest BCUT2D eigenvalue weighted by atomic mass is 35.5. The van der Waals surface area contributed by atoms with E-state index in [1.807, 2.05) is 7.05 Å². The summed E-state index contributed by atoms with van der Waals surface area (Å²) >= 11 is 5.59. The molecule has 0 aromatic carbocycles. The van der Waals surface area contributed by atoms with Crippen molar-refractivity contribution in [3.63, 3.8) is 0 Å². The highest BCUT2D eigenvalue weighted by Crippen LogP contribution is 2.05.